The first kappa shape index (κ1) is 22.1. The Morgan fingerprint density at radius 3 is 2.83 bits per heavy atom. The number of ether oxygens (including phenoxy) is 1. The van der Waals surface area contributed by atoms with Crippen LogP contribution in [0.3, 0.4) is 0 Å². The van der Waals surface area contributed by atoms with Crippen LogP contribution in [-0.2, 0) is 17.7 Å². The number of fused-ring (bicyclic) bond motifs is 1. The number of rotatable bonds is 8. The molecular weight excluding hydrogens is 364 g/mol. The van der Waals surface area contributed by atoms with Gasteiger partial charge in [-0.1, -0.05) is 24.3 Å². The highest BCUT2D eigenvalue weighted by Gasteiger charge is 2.19. The molecule has 1 fully saturated rings. The largest absolute Gasteiger partial charge is 0.390 e. The van der Waals surface area contributed by atoms with Gasteiger partial charge in [-0.25, -0.2) is 0 Å². The fourth-order valence-corrected chi connectivity index (χ4v) is 4.24. The van der Waals surface area contributed by atoms with Crippen molar-refractivity contribution in [2.75, 3.05) is 53.0 Å². The van der Waals surface area contributed by atoms with Crippen LogP contribution in [0.15, 0.2) is 29.3 Å². The minimum absolute atomic E-state index is 0.433. The molecule has 1 saturated heterocycles. The van der Waals surface area contributed by atoms with Gasteiger partial charge >= 0.3 is 0 Å². The average molecular weight is 403 g/mol. The third-order valence-corrected chi connectivity index (χ3v) is 6.04. The third kappa shape index (κ3) is 6.98. The van der Waals surface area contributed by atoms with E-state index in [9.17, 15) is 5.11 Å². The second kappa shape index (κ2) is 11.5. The Morgan fingerprint density at radius 2 is 2.07 bits per heavy atom. The normalized spacial score (nSPS) is 19.6. The van der Waals surface area contributed by atoms with Crippen LogP contribution in [0.5, 0.6) is 0 Å². The predicted octanol–water partition coefficient (Wildman–Crippen LogP) is 2.12. The first-order valence-corrected chi connectivity index (χ1v) is 11.2. The molecule has 0 bridgehead atoms. The lowest BCUT2D eigenvalue weighted by Crippen LogP contribution is -2.41. The summed E-state index contributed by atoms with van der Waals surface area (Å²) in [5.74, 6) is 1.64. The number of nitrogens with zero attached hydrogens (tertiary/aromatic N) is 3. The Balaban J connectivity index is 1.45. The Bertz CT molecular complexity index is 646. The van der Waals surface area contributed by atoms with Gasteiger partial charge in [-0.3, -0.25) is 9.89 Å². The quantitative estimate of drug-likeness (QED) is 0.515. The third-order valence-electron chi connectivity index (χ3n) is 6.04. The standard InChI is InChI=1S/C23H38N4O2/c1-3-24-23(26(2)12-8-19-10-14-29-15-11-19)25-16-22(28)18-27-13-9-20-6-4-5-7-21(20)17-27/h4-7,19,22,28H,3,8-18H2,1-2H3,(H,24,25). The summed E-state index contributed by atoms with van der Waals surface area (Å²) in [5.41, 5.74) is 2.83. The minimum atomic E-state index is -0.446. The molecule has 3 rings (SSSR count). The number of aliphatic hydroxyl groups excluding tert-OH is 1. The summed E-state index contributed by atoms with van der Waals surface area (Å²) < 4.78 is 5.46. The number of guanidine groups is 1. The highest BCUT2D eigenvalue weighted by atomic mass is 16.5. The van der Waals surface area contributed by atoms with Gasteiger partial charge in [0.05, 0.1) is 12.6 Å². The first-order chi connectivity index (χ1) is 14.2. The Kier molecular flexibility index (Phi) is 8.77. The van der Waals surface area contributed by atoms with Crippen LogP contribution >= 0.6 is 0 Å². The van der Waals surface area contributed by atoms with E-state index in [0.29, 0.717) is 13.1 Å². The number of nitrogens with one attached hydrogen (secondary N) is 1. The molecule has 2 aliphatic rings. The van der Waals surface area contributed by atoms with E-state index in [4.69, 9.17) is 9.73 Å². The molecule has 6 heteroatoms. The van der Waals surface area contributed by atoms with Crippen LogP contribution in [0.25, 0.3) is 0 Å². The van der Waals surface area contributed by atoms with E-state index in [-0.39, 0.29) is 0 Å². The molecule has 1 atom stereocenters. The summed E-state index contributed by atoms with van der Waals surface area (Å²) in [4.78, 5) is 9.25. The van der Waals surface area contributed by atoms with Crippen molar-refractivity contribution in [1.82, 2.24) is 15.1 Å². The number of hydrogen-bond acceptors (Lipinski definition) is 4. The molecule has 0 saturated carbocycles. The lowest BCUT2D eigenvalue weighted by atomic mass is 9.96. The number of aliphatic imine (C=N–C) groups is 1. The molecule has 1 unspecified atom stereocenters. The van der Waals surface area contributed by atoms with Gasteiger partial charge in [0, 0.05) is 53.0 Å². The van der Waals surface area contributed by atoms with E-state index in [1.165, 1.54) is 30.4 Å². The van der Waals surface area contributed by atoms with Crippen molar-refractivity contribution in [2.45, 2.75) is 45.3 Å². The van der Waals surface area contributed by atoms with Gasteiger partial charge in [0.1, 0.15) is 0 Å². The maximum Gasteiger partial charge on any atom is 0.193 e. The molecule has 1 aromatic carbocycles. The van der Waals surface area contributed by atoms with Gasteiger partial charge in [0.25, 0.3) is 0 Å². The predicted molar refractivity (Wildman–Crippen MR) is 118 cm³/mol. The van der Waals surface area contributed by atoms with Crippen LogP contribution in [0.1, 0.15) is 37.3 Å². The summed E-state index contributed by atoms with van der Waals surface area (Å²) in [5, 5.41) is 13.9. The van der Waals surface area contributed by atoms with Crippen molar-refractivity contribution in [3.05, 3.63) is 35.4 Å². The van der Waals surface area contributed by atoms with Crippen molar-refractivity contribution in [3.63, 3.8) is 0 Å². The van der Waals surface area contributed by atoms with E-state index in [1.807, 2.05) is 0 Å². The molecule has 2 aliphatic heterocycles. The molecule has 0 radical (unpaired) electrons. The van der Waals surface area contributed by atoms with E-state index in [2.05, 4.69) is 53.4 Å². The van der Waals surface area contributed by atoms with E-state index in [0.717, 1.165) is 57.7 Å². The molecule has 2 heterocycles. The van der Waals surface area contributed by atoms with Crippen LogP contribution in [0.4, 0.5) is 0 Å². The highest BCUT2D eigenvalue weighted by Crippen LogP contribution is 2.19. The Labute approximate surface area is 175 Å². The smallest absolute Gasteiger partial charge is 0.193 e. The fraction of sp³-hybridized carbons (Fsp3) is 0.696. The summed E-state index contributed by atoms with van der Waals surface area (Å²) >= 11 is 0. The molecule has 0 aromatic heterocycles. The average Bonchev–Trinajstić information content (AvgIpc) is 2.75. The molecule has 6 nitrogen and oxygen atoms in total. The summed E-state index contributed by atoms with van der Waals surface area (Å²) in [7, 11) is 2.09. The van der Waals surface area contributed by atoms with E-state index >= 15 is 0 Å². The van der Waals surface area contributed by atoms with Crippen LogP contribution in [0.2, 0.25) is 0 Å². The molecule has 0 spiro atoms. The van der Waals surface area contributed by atoms with Crippen LogP contribution < -0.4 is 5.32 Å². The SMILES string of the molecule is CCNC(=NCC(O)CN1CCc2ccccc2C1)N(C)CCC1CCOCC1. The second-order valence-corrected chi connectivity index (χ2v) is 8.37. The molecule has 0 aliphatic carbocycles. The van der Waals surface area contributed by atoms with Crippen LogP contribution in [-0.4, -0.2) is 80.0 Å². The molecule has 0 amide bonds. The zero-order chi connectivity index (χ0) is 20.5. The van der Waals surface area contributed by atoms with E-state index in [1.54, 1.807) is 0 Å². The number of aliphatic hydroxyl groups is 1. The Morgan fingerprint density at radius 1 is 1.31 bits per heavy atom. The lowest BCUT2D eigenvalue weighted by Gasteiger charge is -2.30. The van der Waals surface area contributed by atoms with Crippen molar-refractivity contribution in [1.29, 1.82) is 0 Å². The van der Waals surface area contributed by atoms with Crippen LogP contribution in [0, 0.1) is 5.92 Å². The van der Waals surface area contributed by atoms with Gasteiger partial charge in [-0.2, -0.15) is 0 Å². The number of benzene rings is 1. The Hall–Kier alpha value is -1.63. The molecular formula is C23H38N4O2. The monoisotopic (exact) mass is 402 g/mol. The maximum atomic E-state index is 10.6. The topological polar surface area (TPSA) is 60.3 Å². The lowest BCUT2D eigenvalue weighted by molar-refractivity contribution is 0.0625. The highest BCUT2D eigenvalue weighted by molar-refractivity contribution is 5.79. The molecule has 29 heavy (non-hydrogen) atoms. The van der Waals surface area contributed by atoms with Gasteiger partial charge in [0.15, 0.2) is 5.96 Å². The molecule has 2 N–H and O–H groups in total. The summed E-state index contributed by atoms with van der Waals surface area (Å²) in [6.07, 6.45) is 4.11. The second-order valence-electron chi connectivity index (χ2n) is 8.37. The minimum Gasteiger partial charge on any atom is -0.390 e. The summed E-state index contributed by atoms with van der Waals surface area (Å²) in [6.45, 7) is 8.72. The van der Waals surface area contributed by atoms with Gasteiger partial charge in [-0.05, 0) is 49.7 Å². The first-order valence-electron chi connectivity index (χ1n) is 11.2. The zero-order valence-electron chi connectivity index (χ0n) is 18.1. The van der Waals surface area contributed by atoms with Crippen molar-refractivity contribution in [2.24, 2.45) is 10.9 Å². The van der Waals surface area contributed by atoms with E-state index < -0.39 is 6.10 Å². The maximum absolute atomic E-state index is 10.6. The molecule has 1 aromatic rings. The molecule has 162 valence electrons. The van der Waals surface area contributed by atoms with Gasteiger partial charge in [0.2, 0.25) is 0 Å². The zero-order valence-corrected chi connectivity index (χ0v) is 18.1. The number of hydrogen-bond donors (Lipinski definition) is 2. The van der Waals surface area contributed by atoms with Gasteiger partial charge < -0.3 is 20.1 Å². The fourth-order valence-electron chi connectivity index (χ4n) is 4.24. The van der Waals surface area contributed by atoms with Crippen molar-refractivity contribution >= 4 is 5.96 Å². The number of β-amino-alcohol motifs (C(OH)–C–C–N with tert-alkyl or cyclic N) is 1. The van der Waals surface area contributed by atoms with Crippen molar-refractivity contribution in [3.8, 4) is 0 Å². The summed E-state index contributed by atoms with van der Waals surface area (Å²) in [6, 6.07) is 8.62. The van der Waals surface area contributed by atoms with Crippen molar-refractivity contribution < 1.29 is 9.84 Å². The van der Waals surface area contributed by atoms with Gasteiger partial charge in [-0.15, -0.1) is 0 Å².